The average molecular weight is 316 g/mol. The first kappa shape index (κ1) is 12.7. The van der Waals surface area contributed by atoms with Crippen molar-refractivity contribution in [3.63, 3.8) is 0 Å². The van der Waals surface area contributed by atoms with Gasteiger partial charge in [-0.3, -0.25) is 0 Å². The Balaban J connectivity index is 2.11. The molecule has 2 heterocycles. The van der Waals surface area contributed by atoms with Crippen molar-refractivity contribution >= 4 is 27.3 Å². The van der Waals surface area contributed by atoms with Crippen molar-refractivity contribution in [2.45, 2.75) is 26.3 Å². The molecular weight excluding hydrogens is 302 g/mol. The molecule has 0 fully saturated rings. The smallest absolute Gasteiger partial charge is 0.228 e. The fourth-order valence-corrected chi connectivity index (χ4v) is 2.66. The summed E-state index contributed by atoms with van der Waals surface area (Å²) in [5, 5.41) is 5.95. The number of aromatic nitrogens is 2. The summed E-state index contributed by atoms with van der Waals surface area (Å²) in [5.41, 5.74) is 5.97. The van der Waals surface area contributed by atoms with Gasteiger partial charge in [0.1, 0.15) is 0 Å². The third-order valence-corrected chi connectivity index (χ3v) is 4.21. The summed E-state index contributed by atoms with van der Waals surface area (Å²) in [4.78, 5) is 5.34. The summed E-state index contributed by atoms with van der Waals surface area (Å²) in [6.45, 7) is 4.16. The monoisotopic (exact) mass is 315 g/mol. The molecule has 2 aromatic heterocycles. The molecule has 0 aromatic carbocycles. The summed E-state index contributed by atoms with van der Waals surface area (Å²) >= 11 is 4.98. The van der Waals surface area contributed by atoms with Crippen LogP contribution in [0.2, 0.25) is 0 Å². The highest BCUT2D eigenvalue weighted by Gasteiger charge is 2.15. The van der Waals surface area contributed by atoms with Crippen LogP contribution in [0.3, 0.4) is 0 Å². The zero-order valence-electron chi connectivity index (χ0n) is 9.68. The van der Waals surface area contributed by atoms with E-state index in [1.54, 1.807) is 11.3 Å². The molecule has 1 unspecified atom stereocenters. The van der Waals surface area contributed by atoms with Crippen molar-refractivity contribution in [1.82, 2.24) is 10.1 Å². The minimum atomic E-state index is 0.0540. The third-order valence-electron chi connectivity index (χ3n) is 2.52. The van der Waals surface area contributed by atoms with Gasteiger partial charge in [-0.25, -0.2) is 0 Å². The Morgan fingerprint density at radius 3 is 2.88 bits per heavy atom. The van der Waals surface area contributed by atoms with Gasteiger partial charge in [0.05, 0.1) is 4.88 Å². The van der Waals surface area contributed by atoms with Gasteiger partial charge in [-0.1, -0.05) is 19.0 Å². The summed E-state index contributed by atoms with van der Waals surface area (Å²) in [5.74, 6) is 1.64. The van der Waals surface area contributed by atoms with E-state index in [1.165, 1.54) is 0 Å². The van der Waals surface area contributed by atoms with Crippen LogP contribution in [-0.4, -0.2) is 16.2 Å². The molecule has 0 aliphatic carbocycles. The lowest BCUT2D eigenvalue weighted by atomic mass is 10.0. The van der Waals surface area contributed by atoms with E-state index in [2.05, 4.69) is 39.9 Å². The lowest BCUT2D eigenvalue weighted by Crippen LogP contribution is -2.28. The molecule has 2 rings (SSSR count). The van der Waals surface area contributed by atoms with Gasteiger partial charge in [-0.15, -0.1) is 11.3 Å². The van der Waals surface area contributed by atoms with Crippen LogP contribution in [0.4, 0.5) is 0 Å². The maximum atomic E-state index is 5.97. The second-order valence-corrected chi connectivity index (χ2v) is 6.08. The predicted molar refractivity (Wildman–Crippen MR) is 71.8 cm³/mol. The van der Waals surface area contributed by atoms with Gasteiger partial charge >= 0.3 is 0 Å². The fourth-order valence-electron chi connectivity index (χ4n) is 1.31. The van der Waals surface area contributed by atoms with Crippen LogP contribution in [0.15, 0.2) is 20.4 Å². The molecule has 0 saturated heterocycles. The largest absolute Gasteiger partial charge is 0.339 e. The first-order valence-electron chi connectivity index (χ1n) is 5.39. The van der Waals surface area contributed by atoms with E-state index in [4.69, 9.17) is 10.3 Å². The minimum absolute atomic E-state index is 0.0540. The molecule has 92 valence electrons. The minimum Gasteiger partial charge on any atom is -0.339 e. The lowest BCUT2D eigenvalue weighted by Gasteiger charge is -2.11. The Labute approximate surface area is 112 Å². The highest BCUT2D eigenvalue weighted by atomic mass is 79.9. The number of nitrogens with two attached hydrogens (primary N) is 1. The lowest BCUT2D eigenvalue weighted by molar-refractivity contribution is 0.353. The summed E-state index contributed by atoms with van der Waals surface area (Å²) in [7, 11) is 0. The first-order chi connectivity index (χ1) is 8.06. The van der Waals surface area contributed by atoms with Gasteiger partial charge in [-0.2, -0.15) is 4.98 Å². The molecule has 1 atom stereocenters. The van der Waals surface area contributed by atoms with Crippen molar-refractivity contribution in [2.24, 2.45) is 11.7 Å². The second-order valence-electron chi connectivity index (χ2n) is 4.25. The Kier molecular flexibility index (Phi) is 3.96. The Bertz CT molecular complexity index is 494. The average Bonchev–Trinajstić information content (AvgIpc) is 2.86. The molecule has 0 spiro atoms. The molecule has 0 aliphatic rings. The molecule has 0 radical (unpaired) electrons. The van der Waals surface area contributed by atoms with Crippen molar-refractivity contribution in [1.29, 1.82) is 0 Å². The summed E-state index contributed by atoms with van der Waals surface area (Å²) in [6, 6.07) is 2.03. The quantitative estimate of drug-likeness (QED) is 0.941. The molecule has 6 heteroatoms. The van der Waals surface area contributed by atoms with Crippen molar-refractivity contribution in [3.05, 3.63) is 21.8 Å². The van der Waals surface area contributed by atoms with E-state index in [1.807, 2.05) is 11.4 Å². The molecule has 4 nitrogen and oxygen atoms in total. The SMILES string of the molecule is CC(C)C(N)Cc1nc(-c2cc(Br)cs2)no1. The Hall–Kier alpha value is -0.720. The van der Waals surface area contributed by atoms with Crippen molar-refractivity contribution < 1.29 is 4.52 Å². The summed E-state index contributed by atoms with van der Waals surface area (Å²) < 4.78 is 6.23. The van der Waals surface area contributed by atoms with E-state index >= 15 is 0 Å². The predicted octanol–water partition coefficient (Wildman–Crippen LogP) is 3.09. The molecule has 2 N–H and O–H groups in total. The maximum Gasteiger partial charge on any atom is 0.228 e. The second kappa shape index (κ2) is 5.29. The van der Waals surface area contributed by atoms with Gasteiger partial charge in [0.25, 0.3) is 0 Å². The third kappa shape index (κ3) is 3.14. The van der Waals surface area contributed by atoms with Gasteiger partial charge in [-0.05, 0) is 27.9 Å². The number of rotatable bonds is 4. The Morgan fingerprint density at radius 2 is 2.29 bits per heavy atom. The number of hydrogen-bond acceptors (Lipinski definition) is 5. The topological polar surface area (TPSA) is 64.9 Å². The molecule has 0 amide bonds. The van der Waals surface area contributed by atoms with Gasteiger partial charge in [0.2, 0.25) is 11.7 Å². The number of nitrogens with zero attached hydrogens (tertiary/aromatic N) is 2. The molecule has 0 saturated carbocycles. The highest BCUT2D eigenvalue weighted by molar-refractivity contribution is 9.10. The maximum absolute atomic E-state index is 5.97. The number of thiophene rings is 1. The highest BCUT2D eigenvalue weighted by Crippen LogP contribution is 2.27. The van der Waals surface area contributed by atoms with Gasteiger partial charge in [0, 0.05) is 22.3 Å². The van der Waals surface area contributed by atoms with Crippen molar-refractivity contribution in [3.8, 4) is 10.7 Å². The molecule has 17 heavy (non-hydrogen) atoms. The molecule has 0 bridgehead atoms. The van der Waals surface area contributed by atoms with E-state index in [9.17, 15) is 0 Å². The zero-order chi connectivity index (χ0) is 12.4. The van der Waals surface area contributed by atoms with Crippen LogP contribution in [0.25, 0.3) is 10.7 Å². The Morgan fingerprint density at radius 1 is 1.53 bits per heavy atom. The molecular formula is C11H14BrN3OS. The van der Waals surface area contributed by atoms with Crippen LogP contribution in [0, 0.1) is 5.92 Å². The van der Waals surface area contributed by atoms with E-state index in [-0.39, 0.29) is 6.04 Å². The van der Waals surface area contributed by atoms with Crippen LogP contribution >= 0.6 is 27.3 Å². The van der Waals surface area contributed by atoms with Crippen LogP contribution < -0.4 is 5.73 Å². The zero-order valence-corrected chi connectivity index (χ0v) is 12.1. The van der Waals surface area contributed by atoms with Gasteiger partial charge < -0.3 is 10.3 Å². The van der Waals surface area contributed by atoms with Crippen LogP contribution in [0.1, 0.15) is 19.7 Å². The first-order valence-corrected chi connectivity index (χ1v) is 7.06. The molecule has 2 aromatic rings. The van der Waals surface area contributed by atoms with E-state index in [0.29, 0.717) is 24.1 Å². The number of halogens is 1. The van der Waals surface area contributed by atoms with Gasteiger partial charge in [0.15, 0.2) is 0 Å². The fraction of sp³-hybridized carbons (Fsp3) is 0.455. The normalized spacial score (nSPS) is 13.2. The van der Waals surface area contributed by atoms with Crippen molar-refractivity contribution in [2.75, 3.05) is 0 Å². The van der Waals surface area contributed by atoms with Crippen LogP contribution in [0.5, 0.6) is 0 Å². The molecule has 0 aliphatic heterocycles. The standard InChI is InChI=1S/C11H14BrN3OS/c1-6(2)8(13)4-10-14-11(15-16-10)9-3-7(12)5-17-9/h3,5-6,8H,4,13H2,1-2H3. The van der Waals surface area contributed by atoms with E-state index < -0.39 is 0 Å². The van der Waals surface area contributed by atoms with Crippen LogP contribution in [-0.2, 0) is 6.42 Å². The van der Waals surface area contributed by atoms with E-state index in [0.717, 1.165) is 9.35 Å². The number of hydrogen-bond donors (Lipinski definition) is 1. The summed E-state index contributed by atoms with van der Waals surface area (Å²) in [6.07, 6.45) is 0.622.